The van der Waals surface area contributed by atoms with Crippen molar-refractivity contribution in [1.29, 1.82) is 0 Å². The van der Waals surface area contributed by atoms with Crippen molar-refractivity contribution in [3.8, 4) is 0 Å². The van der Waals surface area contributed by atoms with E-state index in [1.165, 1.54) is 11.8 Å². The number of carbonyl (C=O) groups excluding carboxylic acids is 2. The largest absolute Gasteiger partial charge is 0.325 e. The lowest BCUT2D eigenvalue weighted by molar-refractivity contribution is -0.122. The van der Waals surface area contributed by atoms with Gasteiger partial charge in [-0.15, -0.1) is 0 Å². The second-order valence-corrected chi connectivity index (χ2v) is 7.67. The van der Waals surface area contributed by atoms with Crippen LogP contribution in [0.5, 0.6) is 0 Å². The van der Waals surface area contributed by atoms with Crippen LogP contribution < -0.4 is 10.6 Å². The smallest absolute Gasteiger partial charge is 0.240 e. The van der Waals surface area contributed by atoms with Crippen LogP contribution >= 0.6 is 11.8 Å². The summed E-state index contributed by atoms with van der Waals surface area (Å²) in [7, 11) is 0. The summed E-state index contributed by atoms with van der Waals surface area (Å²) in [4.78, 5) is 29.1. The van der Waals surface area contributed by atoms with Gasteiger partial charge in [-0.3, -0.25) is 14.6 Å². The van der Waals surface area contributed by atoms with Gasteiger partial charge in [-0.25, -0.2) is 0 Å². The van der Waals surface area contributed by atoms with Gasteiger partial charge in [0.1, 0.15) is 5.25 Å². The number of amides is 2. The standard InChI is InChI=1S/C22H19N3O2S/c26-20(24-18-12-6-10-16-9-4-5-11-17(16)18)13-19-21(27)25-22(28-19)23-14-15-7-2-1-3-8-15/h1-12,19H,13-14H2,(H,24,26)(H,23,25,27)/t19-/m1/s1. The average molecular weight is 389 g/mol. The Morgan fingerprint density at radius 1 is 1.00 bits per heavy atom. The zero-order valence-electron chi connectivity index (χ0n) is 15.1. The number of hydrogen-bond acceptors (Lipinski definition) is 4. The number of benzene rings is 3. The van der Waals surface area contributed by atoms with Crippen molar-refractivity contribution >= 4 is 45.2 Å². The minimum Gasteiger partial charge on any atom is -0.325 e. The van der Waals surface area contributed by atoms with Gasteiger partial charge >= 0.3 is 0 Å². The van der Waals surface area contributed by atoms with Crippen LogP contribution in [0.2, 0.25) is 0 Å². The molecule has 28 heavy (non-hydrogen) atoms. The van der Waals surface area contributed by atoms with E-state index < -0.39 is 5.25 Å². The van der Waals surface area contributed by atoms with Crippen molar-refractivity contribution in [2.75, 3.05) is 5.32 Å². The lowest BCUT2D eigenvalue weighted by Gasteiger charge is -2.10. The summed E-state index contributed by atoms with van der Waals surface area (Å²) in [6, 6.07) is 23.5. The number of carbonyl (C=O) groups is 2. The summed E-state index contributed by atoms with van der Waals surface area (Å²) in [5, 5.41) is 7.84. The molecule has 1 heterocycles. The third kappa shape index (κ3) is 4.23. The first kappa shape index (κ1) is 18.3. The summed E-state index contributed by atoms with van der Waals surface area (Å²) in [5.41, 5.74) is 1.83. The summed E-state index contributed by atoms with van der Waals surface area (Å²) in [6.07, 6.45) is 0.101. The molecule has 140 valence electrons. The molecule has 5 nitrogen and oxygen atoms in total. The molecular formula is C22H19N3O2S. The summed E-state index contributed by atoms with van der Waals surface area (Å²) in [6.45, 7) is 0.498. The molecule has 1 atom stereocenters. The molecule has 4 rings (SSSR count). The molecule has 6 heteroatoms. The Labute approximate surface area is 167 Å². The Balaban J connectivity index is 1.38. The fourth-order valence-electron chi connectivity index (χ4n) is 3.07. The van der Waals surface area contributed by atoms with E-state index in [0.717, 1.165) is 22.0 Å². The summed E-state index contributed by atoms with van der Waals surface area (Å²) < 4.78 is 0. The van der Waals surface area contributed by atoms with Gasteiger partial charge in [0, 0.05) is 17.5 Å². The third-order valence-electron chi connectivity index (χ3n) is 4.46. The van der Waals surface area contributed by atoms with E-state index in [2.05, 4.69) is 15.6 Å². The number of fused-ring (bicyclic) bond motifs is 1. The molecule has 0 spiro atoms. The summed E-state index contributed by atoms with van der Waals surface area (Å²) >= 11 is 1.31. The Bertz CT molecular complexity index is 1040. The van der Waals surface area contributed by atoms with Crippen molar-refractivity contribution in [2.45, 2.75) is 18.2 Å². The van der Waals surface area contributed by atoms with Gasteiger partial charge in [-0.05, 0) is 17.0 Å². The van der Waals surface area contributed by atoms with Gasteiger partial charge in [0.05, 0.1) is 6.54 Å². The fraction of sp³-hybridized carbons (Fsp3) is 0.136. The topological polar surface area (TPSA) is 70.6 Å². The van der Waals surface area contributed by atoms with Crippen LogP contribution in [0.1, 0.15) is 12.0 Å². The molecule has 2 N–H and O–H groups in total. The maximum Gasteiger partial charge on any atom is 0.240 e. The first-order valence-electron chi connectivity index (χ1n) is 9.02. The molecular weight excluding hydrogens is 370 g/mol. The number of hydrogen-bond donors (Lipinski definition) is 2. The molecule has 3 aromatic rings. The zero-order chi connectivity index (χ0) is 19.3. The molecule has 1 aliphatic rings. The Morgan fingerprint density at radius 2 is 1.75 bits per heavy atom. The molecule has 1 aliphatic heterocycles. The van der Waals surface area contributed by atoms with Gasteiger partial charge in [0.2, 0.25) is 11.8 Å². The maximum atomic E-state index is 12.5. The second-order valence-electron chi connectivity index (χ2n) is 6.48. The minimum atomic E-state index is -0.468. The van der Waals surface area contributed by atoms with Gasteiger partial charge in [0.25, 0.3) is 0 Å². The highest BCUT2D eigenvalue weighted by Crippen LogP contribution is 2.26. The number of anilines is 1. The van der Waals surface area contributed by atoms with E-state index in [0.29, 0.717) is 11.7 Å². The monoisotopic (exact) mass is 389 g/mol. The Kier molecular flexibility index (Phi) is 5.39. The van der Waals surface area contributed by atoms with Gasteiger partial charge in [0.15, 0.2) is 5.17 Å². The molecule has 0 bridgehead atoms. The summed E-state index contributed by atoms with van der Waals surface area (Å²) in [5.74, 6) is -0.363. The van der Waals surface area contributed by atoms with Crippen molar-refractivity contribution in [2.24, 2.45) is 4.99 Å². The maximum absolute atomic E-state index is 12.5. The molecule has 3 aromatic carbocycles. The predicted octanol–water partition coefficient (Wildman–Crippen LogP) is 3.96. The highest BCUT2D eigenvalue weighted by atomic mass is 32.2. The molecule has 0 aliphatic carbocycles. The van der Waals surface area contributed by atoms with E-state index in [1.54, 1.807) is 0 Å². The van der Waals surface area contributed by atoms with E-state index in [4.69, 9.17) is 0 Å². The highest BCUT2D eigenvalue weighted by Gasteiger charge is 2.32. The van der Waals surface area contributed by atoms with Crippen molar-refractivity contribution in [3.05, 3.63) is 78.4 Å². The van der Waals surface area contributed by atoms with Gasteiger partial charge in [-0.2, -0.15) is 0 Å². The normalized spacial score (nSPS) is 17.6. The Hall–Kier alpha value is -3.12. The first-order valence-corrected chi connectivity index (χ1v) is 9.90. The molecule has 0 radical (unpaired) electrons. The van der Waals surface area contributed by atoms with Gasteiger partial charge in [-0.1, -0.05) is 78.5 Å². The van der Waals surface area contributed by atoms with E-state index in [-0.39, 0.29) is 18.2 Å². The lowest BCUT2D eigenvalue weighted by Crippen LogP contribution is -2.28. The highest BCUT2D eigenvalue weighted by molar-refractivity contribution is 8.15. The molecule has 0 saturated carbocycles. The SMILES string of the molecule is O=C(C[C@H]1SC(=NCc2ccccc2)NC1=O)Nc1cccc2ccccc12. The third-order valence-corrected chi connectivity index (χ3v) is 5.58. The molecule has 1 fully saturated rings. The van der Waals surface area contributed by atoms with Crippen LogP contribution in [0.15, 0.2) is 77.8 Å². The molecule has 2 amide bonds. The fourth-order valence-corrected chi connectivity index (χ4v) is 4.03. The minimum absolute atomic E-state index is 0.101. The van der Waals surface area contributed by atoms with E-state index in [1.807, 2.05) is 72.8 Å². The van der Waals surface area contributed by atoms with Crippen LogP contribution in [-0.4, -0.2) is 22.2 Å². The van der Waals surface area contributed by atoms with Crippen molar-refractivity contribution < 1.29 is 9.59 Å². The van der Waals surface area contributed by atoms with Crippen molar-refractivity contribution in [3.63, 3.8) is 0 Å². The van der Waals surface area contributed by atoms with Crippen LogP contribution in [0.3, 0.4) is 0 Å². The number of amidine groups is 1. The number of nitrogens with zero attached hydrogens (tertiary/aromatic N) is 1. The van der Waals surface area contributed by atoms with Crippen molar-refractivity contribution in [1.82, 2.24) is 5.32 Å². The second kappa shape index (κ2) is 8.27. The number of aliphatic imine (C=N–C) groups is 1. The van der Waals surface area contributed by atoms with Crippen LogP contribution in [0, 0.1) is 0 Å². The number of nitrogens with one attached hydrogen (secondary N) is 2. The molecule has 1 saturated heterocycles. The average Bonchev–Trinajstić information content (AvgIpc) is 3.06. The predicted molar refractivity (Wildman–Crippen MR) is 114 cm³/mol. The van der Waals surface area contributed by atoms with E-state index >= 15 is 0 Å². The first-order chi connectivity index (χ1) is 13.7. The van der Waals surface area contributed by atoms with E-state index in [9.17, 15) is 9.59 Å². The van der Waals surface area contributed by atoms with Crippen LogP contribution in [-0.2, 0) is 16.1 Å². The molecule has 0 unspecified atom stereocenters. The zero-order valence-corrected chi connectivity index (χ0v) is 15.9. The molecule has 0 aromatic heterocycles. The Morgan fingerprint density at radius 3 is 2.61 bits per heavy atom. The van der Waals surface area contributed by atoms with Crippen LogP contribution in [0.4, 0.5) is 5.69 Å². The quantitative estimate of drug-likeness (QED) is 0.694. The lowest BCUT2D eigenvalue weighted by atomic mass is 10.1. The number of rotatable bonds is 5. The van der Waals surface area contributed by atoms with Gasteiger partial charge < -0.3 is 10.6 Å². The van der Waals surface area contributed by atoms with Crippen LogP contribution in [0.25, 0.3) is 10.8 Å². The number of thioether (sulfide) groups is 1.